The average Bonchev–Trinajstić information content (AvgIpc) is 3.33. The molecule has 2 aliphatic heterocycles. The molecular formula is C21H20FNO4. The Morgan fingerprint density at radius 2 is 1.78 bits per heavy atom. The number of carbonyl (C=O) groups excluding carboxylic acids is 1. The van der Waals surface area contributed by atoms with Gasteiger partial charge in [-0.1, -0.05) is 48.5 Å². The zero-order valence-corrected chi connectivity index (χ0v) is 14.6. The Morgan fingerprint density at radius 1 is 1.15 bits per heavy atom. The molecule has 27 heavy (non-hydrogen) atoms. The minimum absolute atomic E-state index is 0.0446. The fourth-order valence-corrected chi connectivity index (χ4v) is 4.62. The van der Waals surface area contributed by atoms with E-state index in [4.69, 9.17) is 9.47 Å². The van der Waals surface area contributed by atoms with Crippen molar-refractivity contribution in [3.63, 3.8) is 0 Å². The molecule has 2 aromatic carbocycles. The van der Waals surface area contributed by atoms with Gasteiger partial charge in [0.2, 0.25) is 0 Å². The van der Waals surface area contributed by atoms with Crippen LogP contribution in [0.5, 0.6) is 0 Å². The first-order chi connectivity index (χ1) is 13.1. The second-order valence-corrected chi connectivity index (χ2v) is 7.33. The molecular weight excluding hydrogens is 349 g/mol. The highest BCUT2D eigenvalue weighted by molar-refractivity contribution is 5.79. The highest BCUT2D eigenvalue weighted by Crippen LogP contribution is 2.44. The molecule has 1 amide bonds. The predicted octanol–water partition coefficient (Wildman–Crippen LogP) is 2.72. The van der Waals surface area contributed by atoms with Crippen molar-refractivity contribution in [2.24, 2.45) is 0 Å². The molecule has 0 radical (unpaired) electrons. The van der Waals surface area contributed by atoms with Crippen molar-refractivity contribution in [3.05, 3.63) is 59.7 Å². The van der Waals surface area contributed by atoms with Gasteiger partial charge >= 0.3 is 6.09 Å². The van der Waals surface area contributed by atoms with Gasteiger partial charge in [0, 0.05) is 5.92 Å². The van der Waals surface area contributed by atoms with Crippen LogP contribution in [0.4, 0.5) is 9.18 Å². The van der Waals surface area contributed by atoms with Crippen LogP contribution >= 0.6 is 0 Å². The van der Waals surface area contributed by atoms with E-state index in [0.717, 1.165) is 22.3 Å². The number of halogens is 1. The summed E-state index contributed by atoms with van der Waals surface area (Å²) in [5, 5.41) is 10.0. The summed E-state index contributed by atoms with van der Waals surface area (Å²) in [7, 11) is 0. The third kappa shape index (κ3) is 2.55. The van der Waals surface area contributed by atoms with E-state index in [1.807, 2.05) is 36.4 Å². The lowest BCUT2D eigenvalue weighted by atomic mass is 9.98. The van der Waals surface area contributed by atoms with Crippen LogP contribution in [0.15, 0.2) is 48.5 Å². The second kappa shape index (κ2) is 6.32. The van der Waals surface area contributed by atoms with Gasteiger partial charge in [-0.25, -0.2) is 9.18 Å². The number of aliphatic hydroxyl groups excluding tert-OH is 1. The smallest absolute Gasteiger partial charge is 0.410 e. The van der Waals surface area contributed by atoms with Gasteiger partial charge in [0.05, 0.1) is 19.2 Å². The van der Waals surface area contributed by atoms with E-state index in [1.54, 1.807) is 0 Å². The summed E-state index contributed by atoms with van der Waals surface area (Å²) < 4.78 is 25.0. The average molecular weight is 369 g/mol. The zero-order chi connectivity index (χ0) is 18.5. The Morgan fingerprint density at radius 3 is 2.44 bits per heavy atom. The van der Waals surface area contributed by atoms with E-state index >= 15 is 0 Å². The Kier molecular flexibility index (Phi) is 3.91. The van der Waals surface area contributed by atoms with Crippen LogP contribution in [0.2, 0.25) is 0 Å². The SMILES string of the molecule is O=C(OCC1c2ccccc2-c2ccccc21)N1C[C@H](F)[C@H]2OC[C@H](O)[C@H]21. The Labute approximate surface area is 156 Å². The molecule has 5 rings (SSSR count). The molecule has 0 bridgehead atoms. The van der Waals surface area contributed by atoms with Crippen LogP contribution < -0.4 is 0 Å². The summed E-state index contributed by atoms with van der Waals surface area (Å²) in [5.74, 6) is -0.0503. The summed E-state index contributed by atoms with van der Waals surface area (Å²) in [5.41, 5.74) is 4.55. The fourth-order valence-electron chi connectivity index (χ4n) is 4.62. The summed E-state index contributed by atoms with van der Waals surface area (Å²) >= 11 is 0. The van der Waals surface area contributed by atoms with Crippen molar-refractivity contribution in [1.29, 1.82) is 0 Å². The van der Waals surface area contributed by atoms with Gasteiger partial charge < -0.3 is 14.6 Å². The van der Waals surface area contributed by atoms with Crippen LogP contribution in [0.1, 0.15) is 17.0 Å². The van der Waals surface area contributed by atoms with Gasteiger partial charge in [0.15, 0.2) is 0 Å². The molecule has 2 saturated heterocycles. The van der Waals surface area contributed by atoms with E-state index < -0.39 is 30.5 Å². The number of hydrogen-bond donors (Lipinski definition) is 1. The summed E-state index contributed by atoms with van der Waals surface area (Å²) in [6.07, 6.45) is -3.54. The summed E-state index contributed by atoms with van der Waals surface area (Å²) in [6, 6.07) is 15.5. The van der Waals surface area contributed by atoms with E-state index in [-0.39, 0.29) is 25.7 Å². The Bertz CT molecular complexity index is 842. The second-order valence-electron chi connectivity index (χ2n) is 7.33. The maximum absolute atomic E-state index is 14.1. The molecule has 1 aliphatic carbocycles. The van der Waals surface area contributed by atoms with Gasteiger partial charge in [-0.15, -0.1) is 0 Å². The van der Waals surface area contributed by atoms with Gasteiger partial charge in [-0.3, -0.25) is 4.90 Å². The molecule has 0 aromatic heterocycles. The van der Waals surface area contributed by atoms with Crippen LogP contribution in [0.3, 0.4) is 0 Å². The Hall–Kier alpha value is -2.44. The normalized spacial score (nSPS) is 28.7. The molecule has 6 heteroatoms. The topological polar surface area (TPSA) is 59.0 Å². The highest BCUT2D eigenvalue weighted by Gasteiger charge is 2.53. The monoisotopic (exact) mass is 369 g/mol. The molecule has 140 valence electrons. The maximum Gasteiger partial charge on any atom is 0.410 e. The van der Waals surface area contributed by atoms with E-state index in [1.165, 1.54) is 4.90 Å². The number of fused-ring (bicyclic) bond motifs is 4. The molecule has 2 fully saturated rings. The number of hydrogen-bond acceptors (Lipinski definition) is 4. The van der Waals surface area contributed by atoms with E-state index in [9.17, 15) is 14.3 Å². The number of rotatable bonds is 2. The van der Waals surface area contributed by atoms with E-state index in [0.29, 0.717) is 0 Å². The fraction of sp³-hybridized carbons (Fsp3) is 0.381. The molecule has 2 aromatic rings. The molecule has 5 nitrogen and oxygen atoms in total. The van der Waals surface area contributed by atoms with Crippen molar-refractivity contribution >= 4 is 6.09 Å². The van der Waals surface area contributed by atoms with E-state index in [2.05, 4.69) is 12.1 Å². The van der Waals surface area contributed by atoms with Crippen LogP contribution in [0, 0.1) is 0 Å². The first-order valence-corrected chi connectivity index (χ1v) is 9.20. The van der Waals surface area contributed by atoms with Crippen LogP contribution in [0.25, 0.3) is 11.1 Å². The maximum atomic E-state index is 14.1. The van der Waals surface area contributed by atoms with Crippen molar-refractivity contribution in [3.8, 4) is 11.1 Å². The summed E-state index contributed by atoms with van der Waals surface area (Å²) in [6.45, 7) is 0.112. The largest absolute Gasteiger partial charge is 0.448 e. The Balaban J connectivity index is 1.35. The number of likely N-dealkylation sites (tertiary alicyclic amines) is 1. The quantitative estimate of drug-likeness (QED) is 0.884. The molecule has 0 saturated carbocycles. The molecule has 3 aliphatic rings. The van der Waals surface area contributed by atoms with Gasteiger partial charge in [-0.2, -0.15) is 0 Å². The van der Waals surface area contributed by atoms with Gasteiger partial charge in [0.25, 0.3) is 0 Å². The number of ether oxygens (including phenoxy) is 2. The lowest BCUT2D eigenvalue weighted by molar-refractivity contribution is 0.0465. The van der Waals surface area contributed by atoms with Crippen LogP contribution in [-0.2, 0) is 9.47 Å². The van der Waals surface area contributed by atoms with Crippen molar-refractivity contribution in [2.45, 2.75) is 30.3 Å². The third-order valence-corrected chi connectivity index (χ3v) is 5.85. The first kappa shape index (κ1) is 16.7. The first-order valence-electron chi connectivity index (χ1n) is 9.20. The van der Waals surface area contributed by atoms with Crippen molar-refractivity contribution in [1.82, 2.24) is 4.90 Å². The number of amides is 1. The number of alkyl halides is 1. The highest BCUT2D eigenvalue weighted by atomic mass is 19.1. The van der Waals surface area contributed by atoms with Crippen molar-refractivity contribution < 1.29 is 23.8 Å². The predicted molar refractivity (Wildman–Crippen MR) is 96.2 cm³/mol. The lowest BCUT2D eigenvalue weighted by Gasteiger charge is -2.25. The lowest BCUT2D eigenvalue weighted by Crippen LogP contribution is -2.44. The molecule has 2 heterocycles. The van der Waals surface area contributed by atoms with Gasteiger partial charge in [-0.05, 0) is 22.3 Å². The minimum atomic E-state index is -1.30. The number of aliphatic hydroxyl groups is 1. The molecule has 1 N–H and O–H groups in total. The summed E-state index contributed by atoms with van der Waals surface area (Å²) in [4.78, 5) is 13.9. The number of nitrogens with zero attached hydrogens (tertiary/aromatic N) is 1. The van der Waals surface area contributed by atoms with Crippen molar-refractivity contribution in [2.75, 3.05) is 19.8 Å². The van der Waals surface area contributed by atoms with Crippen LogP contribution in [-0.4, -0.2) is 60.3 Å². The third-order valence-electron chi connectivity index (χ3n) is 5.85. The zero-order valence-electron chi connectivity index (χ0n) is 14.6. The molecule has 0 unspecified atom stereocenters. The minimum Gasteiger partial charge on any atom is -0.448 e. The standard InChI is InChI=1S/C21H20FNO4/c22-17-9-23(19-18(24)11-26-20(17)19)21(25)27-10-16-14-7-3-1-5-12(14)13-6-2-4-8-15(13)16/h1-8,16-20,24H,9-11H2/t17-,18-,19+,20+/m0/s1. The van der Waals surface area contributed by atoms with Gasteiger partial charge in [0.1, 0.15) is 25.0 Å². The number of benzene rings is 2. The molecule has 0 spiro atoms. The number of carbonyl (C=O) groups is 1. The molecule has 4 atom stereocenters.